The van der Waals surface area contributed by atoms with Crippen LogP contribution in [-0.2, 0) is 0 Å². The van der Waals surface area contributed by atoms with Gasteiger partial charge in [-0.05, 0) is 88.9 Å². The smallest absolute Gasteiger partial charge is 0.0640 e. The second kappa shape index (κ2) is 11.4. The minimum atomic E-state index is 1.14. The Morgan fingerprint density at radius 2 is 0.741 bits per heavy atom. The number of nitrogens with zero attached hydrogens (tertiary/aromatic N) is 1. The Bertz CT molecular complexity index is 3480. The first-order chi connectivity index (χ1) is 26.8. The Morgan fingerprint density at radius 3 is 1.41 bits per heavy atom. The number of anilines is 3. The predicted octanol–water partition coefficient (Wildman–Crippen LogP) is 15.6. The first-order valence-corrected chi connectivity index (χ1v) is 19.4. The van der Waals surface area contributed by atoms with Crippen LogP contribution in [0.4, 0.5) is 17.1 Å². The maximum absolute atomic E-state index is 2.54. The third kappa shape index (κ3) is 4.14. The Labute approximate surface area is 315 Å². The van der Waals surface area contributed by atoms with Crippen molar-refractivity contribution in [3.8, 4) is 0 Å². The van der Waals surface area contributed by atoms with E-state index >= 15 is 0 Å². The van der Waals surface area contributed by atoms with Crippen molar-refractivity contribution in [3.63, 3.8) is 0 Å². The molecule has 0 saturated carbocycles. The lowest BCUT2D eigenvalue weighted by molar-refractivity contribution is 1.33. The van der Waals surface area contributed by atoms with Gasteiger partial charge in [0.05, 0.1) is 16.1 Å². The van der Waals surface area contributed by atoms with Crippen molar-refractivity contribution in [2.24, 2.45) is 0 Å². The normalized spacial score (nSPS) is 12.1. The quantitative estimate of drug-likeness (QED) is 0.166. The minimum absolute atomic E-state index is 1.14. The van der Waals surface area contributed by atoms with E-state index < -0.39 is 0 Å². The average molecular weight is 702 g/mol. The summed E-state index contributed by atoms with van der Waals surface area (Å²) in [6.07, 6.45) is 0. The molecule has 0 N–H and O–H groups in total. The highest BCUT2D eigenvalue weighted by Crippen LogP contribution is 2.51. The first-order valence-electron chi connectivity index (χ1n) is 18.6. The van der Waals surface area contributed by atoms with E-state index in [0.717, 1.165) is 5.69 Å². The van der Waals surface area contributed by atoms with Gasteiger partial charge >= 0.3 is 0 Å². The highest BCUT2D eigenvalue weighted by molar-refractivity contribution is 7.27. The van der Waals surface area contributed by atoms with Crippen molar-refractivity contribution >= 4 is 124 Å². The zero-order valence-electron chi connectivity index (χ0n) is 29.3. The van der Waals surface area contributed by atoms with Gasteiger partial charge in [-0.1, -0.05) is 164 Å². The zero-order chi connectivity index (χ0) is 35.3. The predicted molar refractivity (Wildman–Crippen MR) is 237 cm³/mol. The number of hydrogen-bond donors (Lipinski definition) is 0. The summed E-state index contributed by atoms with van der Waals surface area (Å²) in [5, 5.41) is 20.5. The Hall–Kier alpha value is -6.74. The first kappa shape index (κ1) is 29.8. The lowest BCUT2D eigenvalue weighted by atomic mass is 9.93. The molecule has 0 spiro atoms. The van der Waals surface area contributed by atoms with E-state index in [1.807, 2.05) is 11.3 Å². The van der Waals surface area contributed by atoms with Crippen LogP contribution in [0.5, 0.6) is 0 Å². The molecule has 2 heteroatoms. The molecule has 0 aliphatic heterocycles. The molecule has 0 saturated heterocycles. The van der Waals surface area contributed by atoms with Crippen molar-refractivity contribution < 1.29 is 0 Å². The monoisotopic (exact) mass is 701 g/mol. The number of benzene rings is 11. The third-order valence-corrected chi connectivity index (χ3v) is 12.8. The topological polar surface area (TPSA) is 3.24 Å². The van der Waals surface area contributed by atoms with Crippen LogP contribution >= 0.6 is 11.3 Å². The van der Waals surface area contributed by atoms with Gasteiger partial charge in [0, 0.05) is 31.9 Å². The SMILES string of the molecule is c1ccc2c(c1)cc(N(c1ccc3c4ccccc4c4ccccc4c3c1)c1cccc3c1sc1c4ccccc4c4ccccc4c31)c1ccccc12. The molecule has 1 heterocycles. The van der Waals surface area contributed by atoms with Gasteiger partial charge in [-0.25, -0.2) is 0 Å². The summed E-state index contributed by atoms with van der Waals surface area (Å²) in [5.41, 5.74) is 3.50. The molecular weight excluding hydrogens is 671 g/mol. The lowest BCUT2D eigenvalue weighted by Crippen LogP contribution is -2.11. The van der Waals surface area contributed by atoms with Gasteiger partial charge in [-0.15, -0.1) is 11.3 Å². The van der Waals surface area contributed by atoms with E-state index in [0.29, 0.717) is 0 Å². The molecule has 1 aromatic heterocycles. The fraction of sp³-hybridized carbons (Fsp3) is 0. The molecule has 0 fully saturated rings. The molecule has 0 aliphatic carbocycles. The van der Waals surface area contributed by atoms with Crippen molar-refractivity contribution in [1.29, 1.82) is 0 Å². The Balaban J connectivity index is 1.24. The van der Waals surface area contributed by atoms with Crippen molar-refractivity contribution in [3.05, 3.63) is 188 Å². The number of thiophene rings is 1. The summed E-state index contributed by atoms with van der Waals surface area (Å²) in [6, 6.07) is 69.7. The van der Waals surface area contributed by atoms with Crippen molar-refractivity contribution in [2.75, 3.05) is 4.90 Å². The van der Waals surface area contributed by atoms with E-state index in [2.05, 4.69) is 193 Å². The molecule has 0 bridgehead atoms. The number of fused-ring (bicyclic) bond motifs is 17. The average Bonchev–Trinajstić information content (AvgIpc) is 3.65. The van der Waals surface area contributed by atoms with Crippen LogP contribution in [0.25, 0.3) is 95.6 Å². The second-order valence-corrected chi connectivity index (χ2v) is 15.4. The maximum Gasteiger partial charge on any atom is 0.0640 e. The van der Waals surface area contributed by atoms with Crippen LogP contribution < -0.4 is 4.90 Å². The minimum Gasteiger partial charge on any atom is -0.308 e. The largest absolute Gasteiger partial charge is 0.308 e. The zero-order valence-corrected chi connectivity index (χ0v) is 30.1. The number of hydrogen-bond acceptors (Lipinski definition) is 2. The molecule has 250 valence electrons. The summed E-state index contributed by atoms with van der Waals surface area (Å²) in [4.78, 5) is 2.54. The molecule has 0 amide bonds. The van der Waals surface area contributed by atoms with Crippen LogP contribution in [0.1, 0.15) is 0 Å². The lowest BCUT2D eigenvalue weighted by Gasteiger charge is -2.28. The van der Waals surface area contributed by atoms with Crippen LogP contribution in [0.3, 0.4) is 0 Å². The van der Waals surface area contributed by atoms with Crippen LogP contribution in [-0.4, -0.2) is 0 Å². The molecular formula is C52H31NS. The molecule has 0 radical (unpaired) electrons. The summed E-state index contributed by atoms with van der Waals surface area (Å²) in [7, 11) is 0. The van der Waals surface area contributed by atoms with Gasteiger partial charge in [-0.2, -0.15) is 0 Å². The summed E-state index contributed by atoms with van der Waals surface area (Å²) in [6.45, 7) is 0. The van der Waals surface area contributed by atoms with Crippen molar-refractivity contribution in [2.45, 2.75) is 0 Å². The van der Waals surface area contributed by atoms with Gasteiger partial charge in [-0.3, -0.25) is 0 Å². The molecule has 0 aliphatic rings. The highest BCUT2D eigenvalue weighted by Gasteiger charge is 2.23. The number of rotatable bonds is 3. The van der Waals surface area contributed by atoms with Gasteiger partial charge in [0.15, 0.2) is 0 Å². The Kier molecular flexibility index (Phi) is 6.28. The maximum atomic E-state index is 2.54. The van der Waals surface area contributed by atoms with Crippen molar-refractivity contribution in [1.82, 2.24) is 0 Å². The second-order valence-electron chi connectivity index (χ2n) is 14.4. The molecule has 54 heavy (non-hydrogen) atoms. The van der Waals surface area contributed by atoms with E-state index in [9.17, 15) is 0 Å². The van der Waals surface area contributed by atoms with Gasteiger partial charge in [0.25, 0.3) is 0 Å². The molecule has 12 rings (SSSR count). The Morgan fingerprint density at radius 1 is 0.278 bits per heavy atom. The summed E-state index contributed by atoms with van der Waals surface area (Å²) < 4.78 is 2.63. The van der Waals surface area contributed by atoms with Crippen LogP contribution in [0, 0.1) is 0 Å². The molecule has 0 unspecified atom stereocenters. The van der Waals surface area contributed by atoms with E-state index in [1.54, 1.807) is 0 Å². The standard InChI is InChI=1S/C52H31NS/c1-2-15-34-32(14-1)30-49(43-23-10-7-16-35(34)43)53(33-28-29-42-38-19-4-3-17-36(38)37-18-5-6-22-41(37)47(42)31-33)48-27-13-26-46-50-44-24-11-8-20-39(44)40-21-9-12-25-45(40)52(50)54-51(46)48/h1-31H. The molecule has 0 atom stereocenters. The fourth-order valence-electron chi connectivity index (χ4n) is 9.25. The summed E-state index contributed by atoms with van der Waals surface area (Å²) >= 11 is 1.93. The van der Waals surface area contributed by atoms with E-state index in [4.69, 9.17) is 0 Å². The molecule has 11 aromatic carbocycles. The molecule has 1 nitrogen and oxygen atoms in total. The van der Waals surface area contributed by atoms with Gasteiger partial charge in [0.2, 0.25) is 0 Å². The molecule has 12 aromatic rings. The van der Waals surface area contributed by atoms with Gasteiger partial charge in [0.1, 0.15) is 0 Å². The summed E-state index contributed by atoms with van der Waals surface area (Å²) in [5.74, 6) is 0. The van der Waals surface area contributed by atoms with Gasteiger partial charge < -0.3 is 4.90 Å². The van der Waals surface area contributed by atoms with Crippen LogP contribution in [0.15, 0.2) is 188 Å². The van der Waals surface area contributed by atoms with E-state index in [-0.39, 0.29) is 0 Å². The fourth-order valence-corrected chi connectivity index (χ4v) is 10.6. The van der Waals surface area contributed by atoms with E-state index in [1.165, 1.54) is 107 Å². The van der Waals surface area contributed by atoms with Crippen LogP contribution in [0.2, 0.25) is 0 Å². The highest BCUT2D eigenvalue weighted by atomic mass is 32.1. The third-order valence-electron chi connectivity index (χ3n) is 11.6.